The van der Waals surface area contributed by atoms with Crippen molar-refractivity contribution in [1.82, 2.24) is 19.7 Å². The van der Waals surface area contributed by atoms with Gasteiger partial charge in [0.25, 0.3) is 11.1 Å². The van der Waals surface area contributed by atoms with Crippen molar-refractivity contribution in [2.45, 2.75) is 87.5 Å². The van der Waals surface area contributed by atoms with Crippen LogP contribution in [0.1, 0.15) is 51.0 Å². The molecule has 3 aliphatic rings. The number of benzene rings is 2. The van der Waals surface area contributed by atoms with Crippen LogP contribution in [0.5, 0.6) is 0 Å². The Morgan fingerprint density at radius 1 is 1.00 bits per heavy atom. The summed E-state index contributed by atoms with van der Waals surface area (Å²) in [5, 5.41) is 7.67. The van der Waals surface area contributed by atoms with Gasteiger partial charge in [-0.3, -0.25) is 4.79 Å². The van der Waals surface area contributed by atoms with Crippen molar-refractivity contribution in [2.75, 3.05) is 19.0 Å². The zero-order valence-electron chi connectivity index (χ0n) is 23.7. The fraction of sp³-hybridized carbons (Fsp3) is 0.483. The molecule has 0 spiro atoms. The van der Waals surface area contributed by atoms with Crippen molar-refractivity contribution in [3.05, 3.63) is 57.6 Å². The van der Waals surface area contributed by atoms with Crippen LogP contribution in [0.3, 0.4) is 0 Å². The van der Waals surface area contributed by atoms with Crippen LogP contribution in [0.15, 0.2) is 34.3 Å². The van der Waals surface area contributed by atoms with Crippen LogP contribution in [0, 0.1) is 0 Å². The van der Waals surface area contributed by atoms with E-state index in [2.05, 4.69) is 41.1 Å². The molecular weight excluding hydrogens is 543 g/mol. The number of hydrogen-bond acceptors (Lipinski definition) is 7. The molecule has 2 aromatic carbocycles. The number of aryl methyl sites for hydroxylation is 2. The Kier molecular flexibility index (Phi) is 6.87. The molecule has 0 radical (unpaired) electrons. The van der Waals surface area contributed by atoms with E-state index >= 15 is 0 Å². The van der Waals surface area contributed by atoms with E-state index in [0.29, 0.717) is 24.7 Å². The molecule has 2 heterocycles. The topological polar surface area (TPSA) is 106 Å². The van der Waals surface area contributed by atoms with Gasteiger partial charge in [-0.2, -0.15) is 4.98 Å². The number of nitrogens with zero attached hydrogens (tertiary/aromatic N) is 4. The number of fused-ring (bicyclic) bond motifs is 3. The maximum Gasteiger partial charge on any atom is 0.273 e. The molecule has 3 aromatic rings. The third kappa shape index (κ3) is 4.99. The molecule has 0 unspecified atom stereocenters. The second-order valence-corrected chi connectivity index (χ2v) is 19.9. The van der Waals surface area contributed by atoms with Crippen molar-refractivity contribution in [3.63, 3.8) is 0 Å². The third-order valence-corrected chi connectivity index (χ3v) is 11.4. The van der Waals surface area contributed by atoms with E-state index in [-0.39, 0.29) is 22.7 Å². The van der Waals surface area contributed by atoms with Gasteiger partial charge in [-0.1, -0.05) is 31.8 Å². The van der Waals surface area contributed by atoms with Crippen LogP contribution < -0.4 is 5.32 Å². The molecule has 0 saturated carbocycles. The number of ether oxygens (including phenoxy) is 1. The second kappa shape index (κ2) is 10.1. The summed E-state index contributed by atoms with van der Waals surface area (Å²) in [6.07, 6.45) is 6.35. The zero-order chi connectivity index (χ0) is 28.2. The van der Waals surface area contributed by atoms with Crippen LogP contribution in [-0.2, 0) is 53.5 Å². The van der Waals surface area contributed by atoms with Gasteiger partial charge in [-0.05, 0) is 84.5 Å². The minimum atomic E-state index is -4.07. The molecule has 0 bridgehead atoms. The van der Waals surface area contributed by atoms with E-state index in [4.69, 9.17) is 4.74 Å². The highest BCUT2D eigenvalue weighted by Crippen LogP contribution is 2.40. The Hall–Kier alpha value is -3.02. The molecule has 1 aliphatic heterocycles. The first kappa shape index (κ1) is 27.2. The lowest BCUT2D eigenvalue weighted by molar-refractivity contribution is 0.0792. The molecule has 1 amide bonds. The summed E-state index contributed by atoms with van der Waals surface area (Å²) in [5.41, 5.74) is 7.65. The molecule has 1 aromatic heterocycles. The quantitative estimate of drug-likeness (QED) is 0.289. The summed E-state index contributed by atoms with van der Waals surface area (Å²) in [6, 6.07) is 8.05. The van der Waals surface area contributed by atoms with Crippen LogP contribution in [-0.4, -0.2) is 55.7 Å². The molecule has 6 rings (SSSR count). The minimum absolute atomic E-state index is 0.0137. The molecule has 0 saturated heterocycles. The molecule has 1 N–H and O–H groups in total. The summed E-state index contributed by atoms with van der Waals surface area (Å²) in [5.74, 6) is 0.174. The lowest BCUT2D eigenvalue weighted by Crippen LogP contribution is -2.22. The van der Waals surface area contributed by atoms with E-state index in [0.717, 1.165) is 55.8 Å². The molecule has 0 fully saturated rings. The lowest BCUT2D eigenvalue weighted by atomic mass is 9.99. The summed E-state index contributed by atoms with van der Waals surface area (Å²) in [6.45, 7) is 8.01. The highest BCUT2D eigenvalue weighted by atomic mass is 32.2. The third-order valence-electron chi connectivity index (χ3n) is 8.19. The van der Waals surface area contributed by atoms with E-state index in [9.17, 15) is 13.2 Å². The number of carbonyl (C=O) groups is 1. The number of amides is 1. The van der Waals surface area contributed by atoms with Gasteiger partial charge in [0.2, 0.25) is 15.8 Å². The molecule has 11 heteroatoms. The van der Waals surface area contributed by atoms with Gasteiger partial charge in [-0.15, -0.1) is 5.10 Å². The fourth-order valence-corrected chi connectivity index (χ4v) is 7.82. The molecule has 0 atom stereocenters. The molecule has 9 nitrogen and oxygen atoms in total. The Morgan fingerprint density at radius 2 is 1.70 bits per heavy atom. The average Bonchev–Trinajstić information content (AvgIpc) is 3.69. The first-order valence-electron chi connectivity index (χ1n) is 14.1. The molecule has 2 aliphatic carbocycles. The van der Waals surface area contributed by atoms with Gasteiger partial charge < -0.3 is 15.0 Å². The average molecular weight is 580 g/mol. The normalized spacial score (nSPS) is 16.4. The lowest BCUT2D eigenvalue weighted by Gasteiger charge is -2.18. The van der Waals surface area contributed by atoms with Crippen molar-refractivity contribution in [2.24, 2.45) is 0 Å². The monoisotopic (exact) mass is 579 g/mol. The minimum Gasteiger partial charge on any atom is -0.359 e. The number of anilines is 2. The predicted molar refractivity (Wildman–Crippen MR) is 156 cm³/mol. The van der Waals surface area contributed by atoms with Gasteiger partial charge in [0.15, 0.2) is 0 Å². The van der Waals surface area contributed by atoms with Gasteiger partial charge in [0, 0.05) is 39.5 Å². The molecule has 40 heavy (non-hydrogen) atoms. The number of aromatic nitrogens is 3. The van der Waals surface area contributed by atoms with Gasteiger partial charge >= 0.3 is 0 Å². The SMILES string of the molecule is CN1Cc2ccc(S(=O)(=O)c3nc(Nc4c5c(cc6c4CCC6)CCC5)n(COCC[Si](C)(C)C)n3)cc2C1=O. The smallest absolute Gasteiger partial charge is 0.273 e. The first-order chi connectivity index (χ1) is 19.0. The van der Waals surface area contributed by atoms with Gasteiger partial charge in [-0.25, -0.2) is 13.1 Å². The van der Waals surface area contributed by atoms with Crippen LogP contribution in [0.4, 0.5) is 11.6 Å². The van der Waals surface area contributed by atoms with Crippen LogP contribution in [0.2, 0.25) is 25.7 Å². The molecule has 212 valence electrons. The van der Waals surface area contributed by atoms with Gasteiger partial charge in [0.05, 0.1) is 4.90 Å². The number of rotatable bonds is 9. The highest BCUT2D eigenvalue weighted by Gasteiger charge is 2.31. The summed E-state index contributed by atoms with van der Waals surface area (Å²) in [7, 11) is -3.66. The fourth-order valence-electron chi connectivity index (χ4n) is 5.92. The number of hydrogen-bond donors (Lipinski definition) is 1. The maximum atomic E-state index is 13.7. The summed E-state index contributed by atoms with van der Waals surface area (Å²) >= 11 is 0. The second-order valence-electron chi connectivity index (χ2n) is 12.4. The van der Waals surface area contributed by atoms with E-state index in [1.165, 1.54) is 39.1 Å². The standard InChI is InChI=1S/C29H37N5O4SSi/c1-33-17-21-11-12-22(16-25(21)27(33)35)39(36,37)29-31-28(34(32-29)18-38-13-14-40(2,3)4)30-26-23-9-5-7-19(23)15-20-8-6-10-24(20)26/h11-12,15-16H,5-10,13-14,17-18H2,1-4H3,(H,30,31,32). The van der Waals surface area contributed by atoms with E-state index < -0.39 is 17.9 Å². The Morgan fingerprint density at radius 3 is 2.38 bits per heavy atom. The zero-order valence-corrected chi connectivity index (χ0v) is 25.5. The van der Waals surface area contributed by atoms with E-state index in [1.807, 2.05) is 0 Å². The summed E-state index contributed by atoms with van der Waals surface area (Å²) in [4.78, 5) is 18.7. The number of nitrogens with one attached hydrogen (secondary N) is 1. The van der Waals surface area contributed by atoms with Crippen molar-refractivity contribution < 1.29 is 17.9 Å². The maximum absolute atomic E-state index is 13.7. The summed E-state index contributed by atoms with van der Waals surface area (Å²) < 4.78 is 35.0. The van der Waals surface area contributed by atoms with Crippen LogP contribution in [0.25, 0.3) is 0 Å². The Balaban J connectivity index is 1.36. The van der Waals surface area contributed by atoms with Crippen molar-refractivity contribution >= 4 is 35.5 Å². The highest BCUT2D eigenvalue weighted by molar-refractivity contribution is 7.91. The number of sulfone groups is 1. The van der Waals surface area contributed by atoms with Gasteiger partial charge in [0.1, 0.15) is 6.73 Å². The van der Waals surface area contributed by atoms with Crippen LogP contribution >= 0.6 is 0 Å². The van der Waals surface area contributed by atoms with Crippen molar-refractivity contribution in [3.8, 4) is 0 Å². The first-order valence-corrected chi connectivity index (χ1v) is 19.3. The molecular formula is C29H37N5O4SSi. The van der Waals surface area contributed by atoms with E-state index in [1.54, 1.807) is 18.0 Å². The predicted octanol–water partition coefficient (Wildman–Crippen LogP) is 4.73. The Labute approximate surface area is 236 Å². The number of carbonyl (C=O) groups excluding carboxylic acids is 1. The Bertz CT molecular complexity index is 1580. The van der Waals surface area contributed by atoms with Crippen molar-refractivity contribution in [1.29, 1.82) is 0 Å². The largest absolute Gasteiger partial charge is 0.359 e.